The maximum atomic E-state index is 15.0. The molecule has 1 aliphatic rings. The van der Waals surface area contributed by atoms with Crippen LogP contribution in [-0.2, 0) is 4.74 Å². The van der Waals surface area contributed by atoms with E-state index in [1.807, 2.05) is 18.7 Å². The molecule has 0 bridgehead atoms. The zero-order chi connectivity index (χ0) is 28.0. The highest BCUT2D eigenvalue weighted by molar-refractivity contribution is 7.80. The first-order chi connectivity index (χ1) is 18.0. The molecule has 0 amide bonds. The smallest absolute Gasteiger partial charge is 0.288 e. The second kappa shape index (κ2) is 13.2. The minimum atomic E-state index is -2.90. The number of nitrogens with one attached hydrogen (secondary N) is 2. The molecule has 0 aromatic heterocycles. The summed E-state index contributed by atoms with van der Waals surface area (Å²) in [6, 6.07) is 6.36. The van der Waals surface area contributed by atoms with E-state index in [9.17, 15) is 23.9 Å². The molecule has 1 saturated heterocycles. The average molecular weight is 563 g/mol. The molecule has 0 aliphatic carbocycles. The molecule has 0 spiro atoms. The lowest BCUT2D eigenvalue weighted by Gasteiger charge is -2.27. The van der Waals surface area contributed by atoms with E-state index in [0.717, 1.165) is 12.1 Å². The van der Waals surface area contributed by atoms with Crippen LogP contribution in [0, 0.1) is 11.6 Å². The monoisotopic (exact) mass is 562 g/mol. The Balaban J connectivity index is 0.00000400. The summed E-state index contributed by atoms with van der Waals surface area (Å²) in [5, 5.41) is 25.4. The Morgan fingerprint density at radius 1 is 1.18 bits per heavy atom. The number of alkyl halides is 2. The summed E-state index contributed by atoms with van der Waals surface area (Å²) in [5.74, 6) is -2.23. The van der Waals surface area contributed by atoms with Gasteiger partial charge in [-0.1, -0.05) is 26.1 Å². The Bertz CT molecular complexity index is 1190. The van der Waals surface area contributed by atoms with Crippen LogP contribution in [0.5, 0.6) is 0 Å². The number of morpholine rings is 1. The highest BCUT2D eigenvalue weighted by Gasteiger charge is 2.20. The van der Waals surface area contributed by atoms with Crippen molar-refractivity contribution in [3.63, 3.8) is 0 Å². The number of hydrogen-bond acceptors (Lipinski definition) is 8. The lowest BCUT2D eigenvalue weighted by molar-refractivity contribution is 0.122. The third-order valence-electron chi connectivity index (χ3n) is 5.91. The van der Waals surface area contributed by atoms with Gasteiger partial charge in [-0.3, -0.25) is 15.1 Å². The van der Waals surface area contributed by atoms with Crippen LogP contribution in [0.1, 0.15) is 28.2 Å². The van der Waals surface area contributed by atoms with Gasteiger partial charge in [0.15, 0.2) is 11.6 Å². The number of hydrogen-bond donors (Lipinski definition) is 4. The summed E-state index contributed by atoms with van der Waals surface area (Å²) in [6.45, 7) is 4.83. The highest BCUT2D eigenvalue weighted by Crippen LogP contribution is 2.32. The lowest BCUT2D eigenvalue weighted by Crippen LogP contribution is -2.40. The van der Waals surface area contributed by atoms with Gasteiger partial charge in [0.2, 0.25) is 5.43 Å². The first kappa shape index (κ1) is 29.6. The van der Waals surface area contributed by atoms with E-state index in [1.54, 1.807) is 12.1 Å². The predicted molar refractivity (Wildman–Crippen MR) is 145 cm³/mol. The van der Waals surface area contributed by atoms with Crippen LogP contribution in [0.3, 0.4) is 0 Å². The van der Waals surface area contributed by atoms with E-state index < -0.39 is 47.9 Å². The van der Waals surface area contributed by atoms with Crippen molar-refractivity contribution >= 4 is 40.0 Å². The maximum Gasteiger partial charge on any atom is 0.288 e. The number of nitrogens with zero attached hydrogens (tertiary/aromatic N) is 2. The molecule has 38 heavy (non-hydrogen) atoms. The van der Waals surface area contributed by atoms with E-state index in [2.05, 4.69) is 22.9 Å². The van der Waals surface area contributed by atoms with Crippen LogP contribution in [0.2, 0.25) is 0 Å². The minimum absolute atomic E-state index is 0. The van der Waals surface area contributed by atoms with E-state index in [-0.39, 0.29) is 19.9 Å². The number of halogens is 4. The molecule has 8 nitrogen and oxygen atoms in total. The summed E-state index contributed by atoms with van der Waals surface area (Å²) >= 11 is 4.41. The summed E-state index contributed by atoms with van der Waals surface area (Å²) in [5.41, 5.74) is 0.314. The standard InChI is InChI=1S/C25H30F4N4O4S.2H2/c1-14(2)17-11-22(35)21(32-5-7-37-8-6-32)4-3-20(17)31-23-18(26)9-15(10-19(23)27)33(36)13-16(34)12-30-25(38)24(28)29;;/h3-4,9-11,14,16,24,31,34,36H,5-8,12-13H2,1-2H3,(H,30,38);2*1H/t16-;;/m0../s1. The molecule has 212 valence electrons. The Kier molecular flexibility index (Phi) is 10.3. The van der Waals surface area contributed by atoms with Gasteiger partial charge in [-0.25, -0.2) is 17.6 Å². The van der Waals surface area contributed by atoms with E-state index in [1.165, 1.54) is 6.07 Å². The summed E-state index contributed by atoms with van der Waals surface area (Å²) in [4.78, 5) is 14.1. The molecule has 0 radical (unpaired) electrons. The fourth-order valence-electron chi connectivity index (χ4n) is 3.92. The van der Waals surface area contributed by atoms with Crippen LogP contribution < -0.4 is 26.0 Å². The molecule has 3 rings (SSSR count). The zero-order valence-electron chi connectivity index (χ0n) is 20.9. The summed E-state index contributed by atoms with van der Waals surface area (Å²) < 4.78 is 60.3. The van der Waals surface area contributed by atoms with E-state index in [4.69, 9.17) is 4.74 Å². The second-order valence-electron chi connectivity index (χ2n) is 9.04. The summed E-state index contributed by atoms with van der Waals surface area (Å²) in [6.07, 6.45) is -4.28. The molecule has 0 saturated carbocycles. The number of aliphatic hydroxyl groups is 1. The quantitative estimate of drug-likeness (QED) is 0.192. The average Bonchev–Trinajstić information content (AvgIpc) is 3.03. The molecular weight excluding hydrogens is 528 g/mol. The van der Waals surface area contributed by atoms with E-state index in [0.29, 0.717) is 48.3 Å². The first-order valence-electron chi connectivity index (χ1n) is 11.9. The fraction of sp³-hybridized carbons (Fsp3) is 0.440. The van der Waals surface area contributed by atoms with Gasteiger partial charge in [-0.2, -0.15) is 0 Å². The van der Waals surface area contributed by atoms with Crippen LogP contribution >= 0.6 is 12.2 Å². The van der Waals surface area contributed by atoms with Gasteiger partial charge < -0.3 is 25.4 Å². The maximum absolute atomic E-state index is 15.0. The van der Waals surface area contributed by atoms with Crippen molar-refractivity contribution in [2.24, 2.45) is 0 Å². The van der Waals surface area contributed by atoms with Gasteiger partial charge in [0.05, 0.1) is 37.2 Å². The number of hydroxylamine groups is 1. The lowest BCUT2D eigenvalue weighted by atomic mass is 10.0. The van der Waals surface area contributed by atoms with Crippen molar-refractivity contribution in [2.75, 3.05) is 54.7 Å². The van der Waals surface area contributed by atoms with Crippen molar-refractivity contribution in [3.8, 4) is 0 Å². The third-order valence-corrected chi connectivity index (χ3v) is 6.23. The fourth-order valence-corrected chi connectivity index (χ4v) is 4.00. The Hall–Kier alpha value is -3.00. The number of rotatable bonds is 10. The van der Waals surface area contributed by atoms with Crippen molar-refractivity contribution in [3.05, 3.63) is 57.8 Å². The Morgan fingerprint density at radius 3 is 2.39 bits per heavy atom. The van der Waals surface area contributed by atoms with Crippen molar-refractivity contribution in [1.29, 1.82) is 0 Å². The molecule has 1 aliphatic heterocycles. The zero-order valence-corrected chi connectivity index (χ0v) is 21.7. The largest absolute Gasteiger partial charge is 0.389 e. The van der Waals surface area contributed by atoms with Gasteiger partial charge in [0.1, 0.15) is 10.7 Å². The second-order valence-corrected chi connectivity index (χ2v) is 9.48. The van der Waals surface area contributed by atoms with Gasteiger partial charge in [0, 0.05) is 40.3 Å². The van der Waals surface area contributed by atoms with Crippen molar-refractivity contribution in [2.45, 2.75) is 32.3 Å². The van der Waals surface area contributed by atoms with Crippen LogP contribution in [-0.4, -0.2) is 67.2 Å². The van der Waals surface area contributed by atoms with Gasteiger partial charge in [-0.15, -0.1) is 0 Å². The van der Waals surface area contributed by atoms with E-state index >= 15 is 8.78 Å². The predicted octanol–water partition coefficient (Wildman–Crippen LogP) is 4.26. The Labute approximate surface area is 225 Å². The van der Waals surface area contributed by atoms with Crippen LogP contribution in [0.25, 0.3) is 0 Å². The molecular formula is C25H34F4N4O4S. The topological polar surface area (TPSA) is 97.3 Å². The number of anilines is 4. The number of benzene rings is 1. The highest BCUT2D eigenvalue weighted by atomic mass is 32.1. The molecule has 2 aromatic rings. The van der Waals surface area contributed by atoms with Gasteiger partial charge in [0.25, 0.3) is 6.43 Å². The van der Waals surface area contributed by atoms with Crippen LogP contribution in [0.15, 0.2) is 35.1 Å². The Morgan fingerprint density at radius 2 is 1.82 bits per heavy atom. The molecule has 2 aromatic carbocycles. The first-order valence-corrected chi connectivity index (χ1v) is 12.4. The van der Waals surface area contributed by atoms with Crippen LogP contribution in [0.4, 0.5) is 40.3 Å². The molecule has 0 unspecified atom stereocenters. The third kappa shape index (κ3) is 7.53. The van der Waals surface area contributed by atoms with Gasteiger partial charge >= 0.3 is 0 Å². The van der Waals surface area contributed by atoms with Crippen molar-refractivity contribution in [1.82, 2.24) is 5.32 Å². The number of thiocarbonyl (C=S) groups is 1. The normalized spacial score (nSPS) is 14.5. The molecule has 4 N–H and O–H groups in total. The molecule has 1 atom stereocenters. The minimum Gasteiger partial charge on any atom is -0.389 e. The molecule has 1 fully saturated rings. The summed E-state index contributed by atoms with van der Waals surface area (Å²) in [7, 11) is 0. The van der Waals surface area contributed by atoms with Gasteiger partial charge in [-0.05, 0) is 29.7 Å². The SMILES string of the molecule is CC(C)c1cc(=O)c(N2CCOCC2)ccc1Nc1c(F)cc(N(O)C[C@@H](O)CNC(=S)C(F)F)cc1F.[HH].[HH]. The molecule has 1 heterocycles. The number of ether oxygens (including phenoxy) is 1. The van der Waals surface area contributed by atoms with Crippen molar-refractivity contribution < 1.29 is 35.5 Å². The molecule has 13 heteroatoms. The number of aliphatic hydroxyl groups excluding tert-OH is 1.